The highest BCUT2D eigenvalue weighted by Crippen LogP contribution is 2.22. The standard InChI is InChI=1S/C25H31N7O/c1-17-7-5-9-23(28-17)29-24-14-21(26-16-27-24)13-20-8-6-12-32(15-20)25(33)11-10-22-18(2)30-31(4)19(22)3/h5,7,9-11,14,16,20H,6,8,12-13,15H2,1-4H3,(H,26,27,28,29)/b11-10+/t20-/m1/s1. The van der Waals surface area contributed by atoms with Gasteiger partial charge in [-0.25, -0.2) is 15.0 Å². The molecule has 4 heterocycles. The second kappa shape index (κ2) is 9.94. The highest BCUT2D eigenvalue weighted by atomic mass is 16.2. The van der Waals surface area contributed by atoms with Crippen LogP contribution in [0.1, 0.15) is 41.2 Å². The summed E-state index contributed by atoms with van der Waals surface area (Å²) in [7, 11) is 1.92. The Labute approximate surface area is 194 Å². The van der Waals surface area contributed by atoms with E-state index in [-0.39, 0.29) is 5.91 Å². The van der Waals surface area contributed by atoms with Gasteiger partial charge in [-0.05, 0) is 64.2 Å². The van der Waals surface area contributed by atoms with Gasteiger partial charge in [0.2, 0.25) is 5.91 Å². The molecule has 0 saturated carbocycles. The van der Waals surface area contributed by atoms with Crippen LogP contribution >= 0.6 is 0 Å². The number of hydrogen-bond donors (Lipinski definition) is 1. The molecule has 3 aromatic heterocycles. The maximum absolute atomic E-state index is 12.9. The fourth-order valence-corrected chi connectivity index (χ4v) is 4.34. The molecule has 33 heavy (non-hydrogen) atoms. The Hall–Kier alpha value is -3.55. The van der Waals surface area contributed by atoms with E-state index in [4.69, 9.17) is 0 Å². The molecule has 1 saturated heterocycles. The Morgan fingerprint density at radius 1 is 1.21 bits per heavy atom. The lowest BCUT2D eigenvalue weighted by Gasteiger charge is -2.32. The molecule has 0 aromatic carbocycles. The number of nitrogens with zero attached hydrogens (tertiary/aromatic N) is 6. The maximum Gasteiger partial charge on any atom is 0.246 e. The third-order valence-corrected chi connectivity index (χ3v) is 6.15. The van der Waals surface area contributed by atoms with Gasteiger partial charge in [0, 0.05) is 54.9 Å². The Morgan fingerprint density at radius 2 is 2.06 bits per heavy atom. The first-order valence-electron chi connectivity index (χ1n) is 11.4. The van der Waals surface area contributed by atoms with Gasteiger partial charge >= 0.3 is 0 Å². The molecule has 1 amide bonds. The predicted molar refractivity (Wildman–Crippen MR) is 129 cm³/mol. The third-order valence-electron chi connectivity index (χ3n) is 6.15. The van der Waals surface area contributed by atoms with Gasteiger partial charge in [-0.3, -0.25) is 9.48 Å². The summed E-state index contributed by atoms with van der Waals surface area (Å²) in [4.78, 5) is 28.1. The van der Waals surface area contributed by atoms with E-state index in [1.54, 1.807) is 12.4 Å². The van der Waals surface area contributed by atoms with E-state index < -0.39 is 0 Å². The molecule has 3 aromatic rings. The van der Waals surface area contributed by atoms with E-state index in [9.17, 15) is 4.79 Å². The summed E-state index contributed by atoms with van der Waals surface area (Å²) in [5, 5.41) is 7.67. The molecular formula is C25H31N7O. The SMILES string of the molecule is Cc1cccc(Nc2cc(C[C@H]3CCCN(C(=O)/C=C/c4c(C)nn(C)c4C)C3)ncn2)n1. The van der Waals surface area contributed by atoms with Gasteiger partial charge in [0.15, 0.2) is 0 Å². The smallest absolute Gasteiger partial charge is 0.246 e. The number of rotatable bonds is 6. The van der Waals surface area contributed by atoms with E-state index in [1.807, 2.05) is 67.7 Å². The molecule has 0 aliphatic carbocycles. The highest BCUT2D eigenvalue weighted by molar-refractivity contribution is 5.92. The topological polar surface area (TPSA) is 88.8 Å². The normalized spacial score (nSPS) is 16.4. The summed E-state index contributed by atoms with van der Waals surface area (Å²) in [5.74, 6) is 1.92. The van der Waals surface area contributed by atoms with Crippen molar-refractivity contribution >= 4 is 23.6 Å². The molecule has 8 nitrogen and oxygen atoms in total. The molecule has 1 aliphatic rings. The highest BCUT2D eigenvalue weighted by Gasteiger charge is 2.23. The van der Waals surface area contributed by atoms with Crippen LogP contribution in [0, 0.1) is 26.7 Å². The second-order valence-corrected chi connectivity index (χ2v) is 8.72. The first-order valence-corrected chi connectivity index (χ1v) is 11.4. The first kappa shape index (κ1) is 22.6. The van der Waals surface area contributed by atoms with Crippen LogP contribution in [0.5, 0.6) is 0 Å². The quantitative estimate of drug-likeness (QED) is 0.581. The molecule has 0 bridgehead atoms. The molecule has 0 unspecified atom stereocenters. The summed E-state index contributed by atoms with van der Waals surface area (Å²) in [6.45, 7) is 7.47. The third kappa shape index (κ3) is 5.63. The van der Waals surface area contributed by atoms with Crippen LogP contribution in [0.15, 0.2) is 36.7 Å². The molecule has 8 heteroatoms. The van der Waals surface area contributed by atoms with Gasteiger partial charge in [0.25, 0.3) is 0 Å². The Bertz CT molecular complexity index is 1170. The summed E-state index contributed by atoms with van der Waals surface area (Å²) < 4.78 is 1.84. The van der Waals surface area contributed by atoms with E-state index >= 15 is 0 Å². The fraction of sp³-hybridized carbons (Fsp3) is 0.400. The van der Waals surface area contributed by atoms with Crippen molar-refractivity contribution in [2.24, 2.45) is 13.0 Å². The summed E-state index contributed by atoms with van der Waals surface area (Å²) >= 11 is 0. The first-order chi connectivity index (χ1) is 15.9. The lowest BCUT2D eigenvalue weighted by molar-refractivity contribution is -0.127. The van der Waals surface area contributed by atoms with Gasteiger partial charge in [0.05, 0.1) is 5.69 Å². The number of carbonyl (C=O) groups excluding carboxylic acids is 1. The lowest BCUT2D eigenvalue weighted by atomic mass is 9.93. The van der Waals surface area contributed by atoms with Crippen molar-refractivity contribution in [2.75, 3.05) is 18.4 Å². The number of aryl methyl sites for hydroxylation is 3. The summed E-state index contributed by atoms with van der Waals surface area (Å²) in [6.07, 6.45) is 8.05. The largest absolute Gasteiger partial charge is 0.339 e. The maximum atomic E-state index is 12.9. The Kier molecular flexibility index (Phi) is 6.82. The molecule has 0 radical (unpaired) electrons. The van der Waals surface area contributed by atoms with Crippen molar-refractivity contribution in [3.8, 4) is 0 Å². The van der Waals surface area contributed by atoms with Crippen LogP contribution in [-0.4, -0.2) is 48.6 Å². The fourth-order valence-electron chi connectivity index (χ4n) is 4.34. The van der Waals surface area contributed by atoms with Crippen LogP contribution < -0.4 is 5.32 Å². The Morgan fingerprint density at radius 3 is 2.82 bits per heavy atom. The van der Waals surface area contributed by atoms with Crippen LogP contribution in [-0.2, 0) is 18.3 Å². The van der Waals surface area contributed by atoms with Crippen molar-refractivity contribution in [3.63, 3.8) is 0 Å². The van der Waals surface area contributed by atoms with Gasteiger partial charge in [-0.1, -0.05) is 6.07 Å². The number of pyridine rings is 1. The minimum absolute atomic E-state index is 0.0536. The van der Waals surface area contributed by atoms with Gasteiger partial charge in [0.1, 0.15) is 18.0 Å². The van der Waals surface area contributed by atoms with Crippen LogP contribution in [0.2, 0.25) is 0 Å². The number of hydrogen-bond acceptors (Lipinski definition) is 6. The van der Waals surface area contributed by atoms with E-state index in [2.05, 4.69) is 25.4 Å². The lowest BCUT2D eigenvalue weighted by Crippen LogP contribution is -2.39. The molecule has 1 aliphatic heterocycles. The Balaban J connectivity index is 1.38. The molecule has 1 fully saturated rings. The number of likely N-dealkylation sites (tertiary alicyclic amines) is 1. The molecule has 1 N–H and O–H groups in total. The molecule has 172 valence electrons. The number of anilines is 2. The average molecular weight is 446 g/mol. The molecule has 4 rings (SSSR count). The zero-order valence-corrected chi connectivity index (χ0v) is 19.7. The van der Waals surface area contributed by atoms with Gasteiger partial charge < -0.3 is 10.2 Å². The van der Waals surface area contributed by atoms with E-state index in [0.717, 1.165) is 72.3 Å². The zero-order chi connectivity index (χ0) is 23.4. The zero-order valence-electron chi connectivity index (χ0n) is 19.7. The van der Waals surface area contributed by atoms with Crippen molar-refractivity contribution in [2.45, 2.75) is 40.0 Å². The van der Waals surface area contributed by atoms with Crippen molar-refractivity contribution in [1.29, 1.82) is 0 Å². The number of carbonyl (C=O) groups is 1. The minimum Gasteiger partial charge on any atom is -0.339 e. The van der Waals surface area contributed by atoms with Crippen LogP contribution in [0.4, 0.5) is 11.6 Å². The number of amides is 1. The van der Waals surface area contributed by atoms with Crippen LogP contribution in [0.25, 0.3) is 6.08 Å². The number of nitrogens with one attached hydrogen (secondary N) is 1. The van der Waals surface area contributed by atoms with Gasteiger partial charge in [-0.2, -0.15) is 5.10 Å². The molecule has 0 spiro atoms. The van der Waals surface area contributed by atoms with E-state index in [0.29, 0.717) is 5.92 Å². The van der Waals surface area contributed by atoms with Crippen molar-refractivity contribution in [3.05, 3.63) is 65.0 Å². The number of piperidine rings is 1. The predicted octanol–water partition coefficient (Wildman–Crippen LogP) is 3.77. The second-order valence-electron chi connectivity index (χ2n) is 8.72. The van der Waals surface area contributed by atoms with Crippen molar-refractivity contribution < 1.29 is 4.79 Å². The summed E-state index contributed by atoms with van der Waals surface area (Å²) in [5.41, 5.74) is 4.93. The van der Waals surface area contributed by atoms with Crippen LogP contribution in [0.3, 0.4) is 0 Å². The molecular weight excluding hydrogens is 414 g/mol. The van der Waals surface area contributed by atoms with Gasteiger partial charge in [-0.15, -0.1) is 0 Å². The summed E-state index contributed by atoms with van der Waals surface area (Å²) in [6, 6.07) is 7.81. The average Bonchev–Trinajstić information content (AvgIpc) is 3.03. The number of aromatic nitrogens is 5. The van der Waals surface area contributed by atoms with E-state index in [1.165, 1.54) is 0 Å². The molecule has 1 atom stereocenters. The monoisotopic (exact) mass is 445 g/mol. The van der Waals surface area contributed by atoms with Crippen molar-refractivity contribution in [1.82, 2.24) is 29.6 Å². The minimum atomic E-state index is 0.0536.